The molecule has 4 aromatic rings. The lowest BCUT2D eigenvalue weighted by molar-refractivity contribution is -0.138. The lowest BCUT2D eigenvalue weighted by Crippen LogP contribution is -2.26. The number of anilines is 1. The third kappa shape index (κ3) is 7.43. The quantitative estimate of drug-likeness (QED) is 0.176. The number of nitrogens with one attached hydrogen (secondary N) is 2. The summed E-state index contributed by atoms with van der Waals surface area (Å²) in [6.45, 7) is 3.82. The Kier molecular flexibility index (Phi) is 9.49. The Morgan fingerprint density at radius 3 is 2.12 bits per heavy atom. The third-order valence-corrected chi connectivity index (χ3v) is 7.32. The molecule has 0 fully saturated rings. The second-order valence-corrected chi connectivity index (χ2v) is 10.7. The molecule has 0 bridgehead atoms. The van der Waals surface area contributed by atoms with Crippen LogP contribution in [0.3, 0.4) is 0 Å². The van der Waals surface area contributed by atoms with Crippen LogP contribution in [0, 0.1) is 13.8 Å². The molecule has 3 N–H and O–H groups in total. The highest BCUT2D eigenvalue weighted by molar-refractivity contribution is 6.34. The molecule has 0 saturated carbocycles. The van der Waals surface area contributed by atoms with Crippen molar-refractivity contribution in [3.05, 3.63) is 111 Å². The van der Waals surface area contributed by atoms with Crippen molar-refractivity contribution in [2.24, 2.45) is 0 Å². The summed E-state index contributed by atoms with van der Waals surface area (Å²) in [6, 6.07) is 19.3. The number of carboxylic acid groups (broad SMARTS) is 1. The zero-order valence-electron chi connectivity index (χ0n) is 22.7. The summed E-state index contributed by atoms with van der Waals surface area (Å²) in [6.07, 6.45) is -4.76. The Bertz CT molecular complexity index is 1660. The fourth-order valence-electron chi connectivity index (χ4n) is 4.62. The highest BCUT2D eigenvalue weighted by Gasteiger charge is 2.31. The van der Waals surface area contributed by atoms with Crippen LogP contribution in [0.5, 0.6) is 0 Å². The molecule has 0 unspecified atom stereocenters. The van der Waals surface area contributed by atoms with E-state index in [0.717, 1.165) is 28.8 Å². The van der Waals surface area contributed by atoms with E-state index in [1.165, 1.54) is 12.1 Å². The molecular formula is C32H27Cl2F3N2O3. The minimum absolute atomic E-state index is 0.0390. The van der Waals surface area contributed by atoms with Gasteiger partial charge in [0.15, 0.2) is 0 Å². The first-order valence-electron chi connectivity index (χ1n) is 12.9. The number of alkyl halides is 3. The molecule has 4 rings (SSSR count). The van der Waals surface area contributed by atoms with E-state index in [9.17, 15) is 22.8 Å². The topological polar surface area (TPSA) is 78.4 Å². The summed E-state index contributed by atoms with van der Waals surface area (Å²) in [5.41, 5.74) is 5.01. The van der Waals surface area contributed by atoms with Gasteiger partial charge in [0.05, 0.1) is 17.0 Å². The van der Waals surface area contributed by atoms with Crippen molar-refractivity contribution in [2.75, 3.05) is 11.9 Å². The van der Waals surface area contributed by atoms with Gasteiger partial charge in [0.2, 0.25) is 0 Å². The van der Waals surface area contributed by atoms with Gasteiger partial charge in [-0.2, -0.15) is 13.2 Å². The number of carbonyl (C=O) groups is 2. The molecule has 0 aliphatic heterocycles. The monoisotopic (exact) mass is 614 g/mol. The van der Waals surface area contributed by atoms with Gasteiger partial charge in [-0.1, -0.05) is 47.5 Å². The van der Waals surface area contributed by atoms with Gasteiger partial charge in [0.1, 0.15) is 0 Å². The molecule has 0 aliphatic rings. The number of benzene rings is 4. The molecule has 0 radical (unpaired) electrons. The van der Waals surface area contributed by atoms with E-state index in [0.29, 0.717) is 38.0 Å². The van der Waals surface area contributed by atoms with Crippen molar-refractivity contribution in [1.29, 1.82) is 0 Å². The van der Waals surface area contributed by atoms with Gasteiger partial charge in [-0.15, -0.1) is 0 Å². The molecule has 0 atom stereocenters. The first-order valence-corrected chi connectivity index (χ1v) is 13.7. The maximum atomic E-state index is 13.7. The molecule has 1 amide bonds. The number of hydrogen-bond acceptors (Lipinski definition) is 3. The maximum absolute atomic E-state index is 13.7. The van der Waals surface area contributed by atoms with Crippen LogP contribution >= 0.6 is 23.2 Å². The third-order valence-electron chi connectivity index (χ3n) is 6.77. The Morgan fingerprint density at radius 2 is 1.48 bits per heavy atom. The summed E-state index contributed by atoms with van der Waals surface area (Å²) >= 11 is 12.7. The number of hydrogen-bond donors (Lipinski definition) is 3. The second kappa shape index (κ2) is 12.9. The Hall–Kier alpha value is -4.01. The molecule has 10 heteroatoms. The van der Waals surface area contributed by atoms with E-state index < -0.39 is 23.6 Å². The molecule has 218 valence electrons. The van der Waals surface area contributed by atoms with Crippen LogP contribution in [-0.4, -0.2) is 23.5 Å². The molecule has 0 spiro atoms. The van der Waals surface area contributed by atoms with Crippen molar-refractivity contribution >= 4 is 40.8 Å². The standard InChI is InChI=1S/C32H27Cl2F3N2O3/c1-18-13-20(31(42)38-12-11-30(40)41)4-8-26(18)28-15-22(32(35,36)37)5-3-21(28)17-39-24-7-10-27(29(34)16-24)25-9-6-23(33)14-19(25)2/h3-10,13-16,39H,11-12,17H2,1-2H3,(H,38,42)(H,40,41). The number of rotatable bonds is 9. The van der Waals surface area contributed by atoms with E-state index in [1.54, 1.807) is 31.2 Å². The lowest BCUT2D eigenvalue weighted by atomic mass is 9.92. The number of carboxylic acids is 1. The average Bonchev–Trinajstić information content (AvgIpc) is 2.91. The van der Waals surface area contributed by atoms with Crippen LogP contribution in [0.4, 0.5) is 18.9 Å². The van der Waals surface area contributed by atoms with Crippen molar-refractivity contribution in [2.45, 2.75) is 33.0 Å². The lowest BCUT2D eigenvalue weighted by Gasteiger charge is -2.18. The van der Waals surface area contributed by atoms with Crippen LogP contribution in [-0.2, 0) is 17.5 Å². The summed E-state index contributed by atoms with van der Waals surface area (Å²) in [4.78, 5) is 23.1. The smallest absolute Gasteiger partial charge is 0.416 e. The van der Waals surface area contributed by atoms with E-state index in [1.807, 2.05) is 31.2 Å². The van der Waals surface area contributed by atoms with Crippen LogP contribution in [0.2, 0.25) is 10.0 Å². The van der Waals surface area contributed by atoms with Crippen molar-refractivity contribution in [3.8, 4) is 22.3 Å². The van der Waals surface area contributed by atoms with Gasteiger partial charge in [-0.3, -0.25) is 9.59 Å². The Labute approximate surface area is 251 Å². The van der Waals surface area contributed by atoms with Crippen LogP contribution in [0.25, 0.3) is 22.3 Å². The summed E-state index contributed by atoms with van der Waals surface area (Å²) in [7, 11) is 0. The molecule has 42 heavy (non-hydrogen) atoms. The molecule has 0 aliphatic carbocycles. The van der Waals surface area contributed by atoms with E-state index >= 15 is 0 Å². The van der Waals surface area contributed by atoms with Gasteiger partial charge >= 0.3 is 12.1 Å². The van der Waals surface area contributed by atoms with E-state index in [2.05, 4.69) is 10.6 Å². The van der Waals surface area contributed by atoms with E-state index in [4.69, 9.17) is 28.3 Å². The molecule has 0 saturated heterocycles. The first-order chi connectivity index (χ1) is 19.8. The number of halogens is 5. The van der Waals surface area contributed by atoms with Gasteiger partial charge < -0.3 is 15.7 Å². The molecular weight excluding hydrogens is 588 g/mol. The van der Waals surface area contributed by atoms with Gasteiger partial charge in [0.25, 0.3) is 5.91 Å². The second-order valence-electron chi connectivity index (χ2n) is 9.81. The predicted octanol–water partition coefficient (Wildman–Crippen LogP) is 8.78. The highest BCUT2D eigenvalue weighted by Crippen LogP contribution is 2.37. The maximum Gasteiger partial charge on any atom is 0.416 e. The summed E-state index contributed by atoms with van der Waals surface area (Å²) in [5, 5.41) is 15.7. The summed E-state index contributed by atoms with van der Waals surface area (Å²) in [5.74, 6) is -1.51. The Morgan fingerprint density at radius 1 is 0.810 bits per heavy atom. The fourth-order valence-corrected chi connectivity index (χ4v) is 5.13. The van der Waals surface area contributed by atoms with Crippen molar-refractivity contribution < 1.29 is 27.9 Å². The predicted molar refractivity (Wildman–Crippen MR) is 160 cm³/mol. The Balaban J connectivity index is 1.61. The largest absolute Gasteiger partial charge is 0.481 e. The zero-order valence-corrected chi connectivity index (χ0v) is 24.2. The minimum Gasteiger partial charge on any atom is -0.481 e. The number of amides is 1. The molecule has 4 aromatic carbocycles. The number of aryl methyl sites for hydroxylation is 2. The first kappa shape index (κ1) is 30.9. The minimum atomic E-state index is -4.54. The van der Waals surface area contributed by atoms with E-state index in [-0.39, 0.29) is 25.1 Å². The van der Waals surface area contributed by atoms with Crippen LogP contribution < -0.4 is 10.6 Å². The fraction of sp³-hybridized carbons (Fsp3) is 0.188. The highest BCUT2D eigenvalue weighted by atomic mass is 35.5. The van der Waals surface area contributed by atoms with Gasteiger partial charge in [-0.05, 0) is 95.8 Å². The zero-order chi connectivity index (χ0) is 30.6. The van der Waals surface area contributed by atoms with Crippen LogP contribution in [0.15, 0.2) is 72.8 Å². The van der Waals surface area contributed by atoms with Crippen molar-refractivity contribution in [1.82, 2.24) is 5.32 Å². The molecule has 0 aromatic heterocycles. The SMILES string of the molecule is Cc1cc(Cl)ccc1-c1ccc(NCc2ccc(C(F)(F)F)cc2-c2ccc(C(=O)NCCC(=O)O)cc2C)cc1Cl. The van der Waals surface area contributed by atoms with Gasteiger partial charge in [-0.25, -0.2) is 0 Å². The molecule has 0 heterocycles. The normalized spacial score (nSPS) is 11.3. The van der Waals surface area contributed by atoms with Crippen molar-refractivity contribution in [3.63, 3.8) is 0 Å². The van der Waals surface area contributed by atoms with Gasteiger partial charge in [0, 0.05) is 34.9 Å². The van der Waals surface area contributed by atoms with Crippen LogP contribution in [0.1, 0.15) is 39.0 Å². The summed E-state index contributed by atoms with van der Waals surface area (Å²) < 4.78 is 41.0. The number of carbonyl (C=O) groups excluding carboxylic acids is 1. The number of aliphatic carboxylic acids is 1. The molecule has 5 nitrogen and oxygen atoms in total. The average molecular weight is 615 g/mol.